The van der Waals surface area contributed by atoms with E-state index in [1.165, 1.54) is 4.90 Å². The Bertz CT molecular complexity index is 946. The third kappa shape index (κ3) is 3.93. The molecule has 2 saturated heterocycles. The van der Waals surface area contributed by atoms with Crippen molar-refractivity contribution in [2.45, 2.75) is 44.3 Å². The molecule has 2 aliphatic rings. The summed E-state index contributed by atoms with van der Waals surface area (Å²) >= 11 is 0. The predicted octanol–water partition coefficient (Wildman–Crippen LogP) is 2.34. The van der Waals surface area contributed by atoms with Crippen LogP contribution in [-0.4, -0.2) is 51.4 Å². The molecular weight excluding hydrogens is 382 g/mol. The number of hydrogen-bond donors (Lipinski definition) is 2. The third-order valence-electron chi connectivity index (χ3n) is 5.95. The summed E-state index contributed by atoms with van der Waals surface area (Å²) < 4.78 is 0. The Balaban J connectivity index is 1.53. The van der Waals surface area contributed by atoms with Crippen LogP contribution in [0, 0.1) is 0 Å². The van der Waals surface area contributed by atoms with E-state index in [2.05, 4.69) is 0 Å². The van der Waals surface area contributed by atoms with Gasteiger partial charge < -0.3 is 9.80 Å². The van der Waals surface area contributed by atoms with Gasteiger partial charge in [-0.15, -0.1) is 0 Å². The van der Waals surface area contributed by atoms with E-state index in [-0.39, 0.29) is 11.8 Å². The van der Waals surface area contributed by atoms with Crippen molar-refractivity contribution in [1.82, 2.24) is 15.3 Å². The summed E-state index contributed by atoms with van der Waals surface area (Å²) in [6.45, 7) is 0.805. The van der Waals surface area contributed by atoms with Crippen LogP contribution in [0.25, 0.3) is 11.1 Å². The lowest BCUT2D eigenvalue weighted by Crippen LogP contribution is -2.51. The molecule has 0 saturated carbocycles. The van der Waals surface area contributed by atoms with Gasteiger partial charge in [-0.05, 0) is 42.0 Å². The largest absolute Gasteiger partial charge is 0.329 e. The minimum atomic E-state index is -0.679. The molecule has 2 N–H and O–H groups in total. The monoisotopic (exact) mass is 407 g/mol. The Hall–Kier alpha value is -3.19. The van der Waals surface area contributed by atoms with Gasteiger partial charge in [0.25, 0.3) is 5.91 Å². The van der Waals surface area contributed by atoms with Crippen molar-refractivity contribution < 1.29 is 19.6 Å². The molecule has 0 bridgehead atoms. The highest BCUT2D eigenvalue weighted by atomic mass is 16.5. The highest BCUT2D eigenvalue weighted by molar-refractivity contribution is 5.94. The van der Waals surface area contributed by atoms with Crippen LogP contribution >= 0.6 is 0 Å². The first-order valence-corrected chi connectivity index (χ1v) is 10.3. The van der Waals surface area contributed by atoms with Crippen LogP contribution in [-0.2, 0) is 20.9 Å². The van der Waals surface area contributed by atoms with Gasteiger partial charge in [0.05, 0.1) is 0 Å². The first-order chi connectivity index (χ1) is 14.6. The van der Waals surface area contributed by atoms with Gasteiger partial charge in [0.2, 0.25) is 11.8 Å². The molecule has 0 aliphatic carbocycles. The summed E-state index contributed by atoms with van der Waals surface area (Å²) in [5, 5.41) is 8.97. The summed E-state index contributed by atoms with van der Waals surface area (Å²) in [7, 11) is 0. The molecule has 2 atom stereocenters. The molecule has 0 radical (unpaired) electrons. The third-order valence-corrected chi connectivity index (χ3v) is 5.95. The zero-order valence-corrected chi connectivity index (χ0v) is 16.7. The zero-order chi connectivity index (χ0) is 21.1. The van der Waals surface area contributed by atoms with E-state index >= 15 is 0 Å². The first-order valence-electron chi connectivity index (χ1n) is 10.3. The number of amides is 3. The number of nitrogens with one attached hydrogen (secondary N) is 1. The number of nitrogens with zero attached hydrogens (tertiary/aromatic N) is 2. The average Bonchev–Trinajstić information content (AvgIpc) is 3.41. The molecule has 156 valence electrons. The van der Waals surface area contributed by atoms with Gasteiger partial charge in [-0.1, -0.05) is 48.5 Å². The fraction of sp³-hybridized carbons (Fsp3) is 0.348. The molecule has 2 heterocycles. The molecule has 0 spiro atoms. The van der Waals surface area contributed by atoms with E-state index in [0.717, 1.165) is 16.7 Å². The van der Waals surface area contributed by atoms with Gasteiger partial charge in [0.1, 0.15) is 12.1 Å². The highest BCUT2D eigenvalue weighted by Crippen LogP contribution is 2.28. The van der Waals surface area contributed by atoms with E-state index in [0.29, 0.717) is 38.8 Å². The second-order valence-corrected chi connectivity index (χ2v) is 7.81. The van der Waals surface area contributed by atoms with E-state index in [1.807, 2.05) is 54.6 Å². The van der Waals surface area contributed by atoms with E-state index in [9.17, 15) is 14.4 Å². The maximum absolute atomic E-state index is 13.2. The van der Waals surface area contributed by atoms with Crippen molar-refractivity contribution >= 4 is 17.7 Å². The van der Waals surface area contributed by atoms with Gasteiger partial charge in [-0.2, -0.15) is 0 Å². The molecule has 7 nitrogen and oxygen atoms in total. The van der Waals surface area contributed by atoms with Gasteiger partial charge in [-0.25, -0.2) is 5.48 Å². The van der Waals surface area contributed by atoms with Crippen LogP contribution in [0.3, 0.4) is 0 Å². The Morgan fingerprint density at radius 3 is 2.53 bits per heavy atom. The lowest BCUT2D eigenvalue weighted by molar-refractivity contribution is -0.147. The van der Waals surface area contributed by atoms with Crippen LogP contribution < -0.4 is 5.48 Å². The van der Waals surface area contributed by atoms with Crippen molar-refractivity contribution in [2.24, 2.45) is 0 Å². The standard InChI is InChI=1S/C23H25N3O4/c27-21-12-11-20(23(29)25-13-5-10-19(25)22(28)24-30)26(21)15-16-6-4-9-18(14-16)17-7-2-1-3-8-17/h1-4,6-9,14,19-20,30H,5,10-13,15H2,(H,24,28). The molecular formula is C23H25N3O4. The fourth-order valence-corrected chi connectivity index (χ4v) is 4.43. The summed E-state index contributed by atoms with van der Waals surface area (Å²) in [6, 6.07) is 16.7. The van der Waals surface area contributed by atoms with E-state index < -0.39 is 18.0 Å². The lowest BCUT2D eigenvalue weighted by atomic mass is 10.0. The Kier molecular flexibility index (Phi) is 5.81. The van der Waals surface area contributed by atoms with Crippen molar-refractivity contribution in [1.29, 1.82) is 0 Å². The van der Waals surface area contributed by atoms with Crippen molar-refractivity contribution in [3.63, 3.8) is 0 Å². The molecule has 2 aliphatic heterocycles. The number of likely N-dealkylation sites (tertiary alicyclic amines) is 2. The molecule has 0 aromatic heterocycles. The van der Waals surface area contributed by atoms with Gasteiger partial charge >= 0.3 is 0 Å². The summed E-state index contributed by atoms with van der Waals surface area (Å²) in [5.41, 5.74) is 4.75. The molecule has 30 heavy (non-hydrogen) atoms. The quantitative estimate of drug-likeness (QED) is 0.588. The molecule has 2 fully saturated rings. The SMILES string of the molecule is O=C(NO)C1CCCN1C(=O)C1CCC(=O)N1Cc1cccc(-c2ccccc2)c1. The number of benzene rings is 2. The average molecular weight is 407 g/mol. The molecule has 2 aromatic rings. The van der Waals surface area contributed by atoms with Crippen molar-refractivity contribution in [2.75, 3.05) is 6.54 Å². The van der Waals surface area contributed by atoms with Gasteiger partial charge in [0.15, 0.2) is 0 Å². The number of rotatable bonds is 5. The zero-order valence-electron chi connectivity index (χ0n) is 16.7. The highest BCUT2D eigenvalue weighted by Gasteiger charge is 2.42. The lowest BCUT2D eigenvalue weighted by Gasteiger charge is -2.30. The Labute approximate surface area is 175 Å². The van der Waals surface area contributed by atoms with Gasteiger partial charge in [-0.3, -0.25) is 19.6 Å². The first kappa shape index (κ1) is 20.1. The Morgan fingerprint density at radius 1 is 1.00 bits per heavy atom. The van der Waals surface area contributed by atoms with E-state index in [4.69, 9.17) is 5.21 Å². The second kappa shape index (κ2) is 8.67. The smallest absolute Gasteiger partial charge is 0.266 e. The van der Waals surface area contributed by atoms with Crippen LogP contribution in [0.2, 0.25) is 0 Å². The number of hydroxylamine groups is 1. The molecule has 2 aromatic carbocycles. The van der Waals surface area contributed by atoms with Crippen LogP contribution in [0.15, 0.2) is 54.6 Å². The van der Waals surface area contributed by atoms with Crippen LogP contribution in [0.5, 0.6) is 0 Å². The normalized spacial score (nSPS) is 21.2. The van der Waals surface area contributed by atoms with Gasteiger partial charge in [0, 0.05) is 19.5 Å². The maximum atomic E-state index is 13.2. The maximum Gasteiger partial charge on any atom is 0.266 e. The number of carbonyl (C=O) groups excluding carboxylic acids is 3. The minimum Gasteiger partial charge on any atom is -0.329 e. The summed E-state index contributed by atoms with van der Waals surface area (Å²) in [5.74, 6) is -0.848. The second-order valence-electron chi connectivity index (χ2n) is 7.81. The van der Waals surface area contributed by atoms with Crippen molar-refractivity contribution in [3.05, 3.63) is 60.2 Å². The summed E-state index contributed by atoms with van der Waals surface area (Å²) in [4.78, 5) is 40.8. The van der Waals surface area contributed by atoms with E-state index in [1.54, 1.807) is 10.4 Å². The Morgan fingerprint density at radius 2 is 1.77 bits per heavy atom. The van der Waals surface area contributed by atoms with Crippen LogP contribution in [0.1, 0.15) is 31.2 Å². The molecule has 7 heteroatoms. The van der Waals surface area contributed by atoms with Crippen molar-refractivity contribution in [3.8, 4) is 11.1 Å². The minimum absolute atomic E-state index is 0.0548. The fourth-order valence-electron chi connectivity index (χ4n) is 4.43. The number of carbonyl (C=O) groups is 3. The summed E-state index contributed by atoms with van der Waals surface area (Å²) in [6.07, 6.45) is 1.97. The molecule has 2 unspecified atom stereocenters. The predicted molar refractivity (Wildman–Crippen MR) is 110 cm³/mol. The topological polar surface area (TPSA) is 90.0 Å². The molecule has 3 amide bonds. The number of hydrogen-bond acceptors (Lipinski definition) is 4. The molecule has 4 rings (SSSR count). The van der Waals surface area contributed by atoms with Crippen LogP contribution in [0.4, 0.5) is 0 Å².